The number of carbonyl (C=O) groups is 2. The number of halogens is 1. The van der Waals surface area contributed by atoms with Gasteiger partial charge in [0, 0.05) is 27.7 Å². The van der Waals surface area contributed by atoms with Gasteiger partial charge in [-0.05, 0) is 55.8 Å². The molecule has 0 saturated carbocycles. The van der Waals surface area contributed by atoms with Crippen LogP contribution in [0.4, 0.5) is 10.6 Å². The number of amides is 2. The van der Waals surface area contributed by atoms with Crippen LogP contribution in [0.3, 0.4) is 0 Å². The smallest absolute Gasteiger partial charge is 0.413 e. The number of pyridine rings is 1. The quantitative estimate of drug-likeness (QED) is 0.444. The van der Waals surface area contributed by atoms with Crippen LogP contribution in [-0.4, -0.2) is 33.8 Å². The first-order valence-corrected chi connectivity index (χ1v) is 11.8. The Hall–Kier alpha value is -3.52. The van der Waals surface area contributed by atoms with Crippen LogP contribution >= 0.6 is 15.9 Å². The fourth-order valence-electron chi connectivity index (χ4n) is 3.90. The first-order valence-electron chi connectivity index (χ1n) is 11.0. The highest BCUT2D eigenvalue weighted by molar-refractivity contribution is 9.10. The highest BCUT2D eigenvalue weighted by Gasteiger charge is 2.39. The van der Waals surface area contributed by atoms with Gasteiger partial charge in [0.05, 0.1) is 17.9 Å². The van der Waals surface area contributed by atoms with Crippen molar-refractivity contribution in [3.63, 3.8) is 0 Å². The predicted octanol–water partition coefficient (Wildman–Crippen LogP) is 6.04. The van der Waals surface area contributed by atoms with Gasteiger partial charge in [0.1, 0.15) is 5.82 Å². The summed E-state index contributed by atoms with van der Waals surface area (Å²) in [5, 5.41) is 8.93. The average molecular weight is 521 g/mol. The van der Waals surface area contributed by atoms with E-state index in [1.165, 1.54) is 0 Å². The molecule has 2 unspecified atom stereocenters. The van der Waals surface area contributed by atoms with Gasteiger partial charge in [0.25, 0.3) is 5.91 Å². The second-order valence-electron chi connectivity index (χ2n) is 8.30. The lowest BCUT2D eigenvalue weighted by molar-refractivity contribution is 0.0688. The molecule has 4 rings (SSSR count). The molecule has 1 aliphatic heterocycles. The Morgan fingerprint density at radius 3 is 2.35 bits per heavy atom. The lowest BCUT2D eigenvalue weighted by atomic mass is 9.89. The minimum absolute atomic E-state index is 0.0756. The van der Waals surface area contributed by atoms with Crippen LogP contribution in [-0.2, 0) is 4.74 Å². The van der Waals surface area contributed by atoms with E-state index in [0.717, 1.165) is 21.3 Å². The van der Waals surface area contributed by atoms with Crippen LogP contribution in [0.15, 0.2) is 82.5 Å². The fraction of sp³-hybridized carbons (Fsp3) is 0.231. The molecule has 0 bridgehead atoms. The van der Waals surface area contributed by atoms with Crippen LogP contribution in [0.2, 0.25) is 0 Å². The molecule has 2 heterocycles. The molecule has 1 aromatic heterocycles. The van der Waals surface area contributed by atoms with E-state index in [4.69, 9.17) is 9.84 Å². The standard InChI is InChI=1S/C26H25BrN4O3/c1-16(2)34-26(33)29-22-14-11-20(15-28-22)23-17(3)24(18-7-5-4-6-8-18)31(30-23)25(32)19-9-12-21(27)13-10-19/h4-17,24H,1-3H3,(H,28,29,33). The third kappa shape index (κ3) is 5.17. The Morgan fingerprint density at radius 1 is 1.03 bits per heavy atom. The Kier molecular flexibility index (Phi) is 7.07. The maximum absolute atomic E-state index is 13.5. The van der Waals surface area contributed by atoms with Crippen molar-refractivity contribution >= 4 is 39.5 Å². The summed E-state index contributed by atoms with van der Waals surface area (Å²) >= 11 is 3.42. The number of hydrazone groups is 1. The summed E-state index contributed by atoms with van der Waals surface area (Å²) < 4.78 is 6.00. The van der Waals surface area contributed by atoms with Gasteiger partial charge < -0.3 is 4.74 Å². The third-order valence-electron chi connectivity index (χ3n) is 5.46. The summed E-state index contributed by atoms with van der Waals surface area (Å²) in [5.74, 6) is 0.127. The van der Waals surface area contributed by atoms with Crippen molar-refractivity contribution in [1.82, 2.24) is 9.99 Å². The molecule has 2 aromatic carbocycles. The monoisotopic (exact) mass is 520 g/mol. The highest BCUT2D eigenvalue weighted by atomic mass is 79.9. The molecule has 0 fully saturated rings. The van der Waals surface area contributed by atoms with Crippen LogP contribution in [0.5, 0.6) is 0 Å². The number of benzene rings is 2. The summed E-state index contributed by atoms with van der Waals surface area (Å²) in [4.78, 5) is 29.6. The predicted molar refractivity (Wildman–Crippen MR) is 135 cm³/mol. The van der Waals surface area contributed by atoms with Gasteiger partial charge >= 0.3 is 6.09 Å². The summed E-state index contributed by atoms with van der Waals surface area (Å²) in [6.45, 7) is 5.61. The molecule has 34 heavy (non-hydrogen) atoms. The van der Waals surface area contributed by atoms with E-state index >= 15 is 0 Å². The molecular weight excluding hydrogens is 496 g/mol. The number of hydrogen-bond donors (Lipinski definition) is 1. The van der Waals surface area contributed by atoms with Gasteiger partial charge in [-0.1, -0.05) is 53.2 Å². The van der Waals surface area contributed by atoms with Crippen LogP contribution < -0.4 is 5.32 Å². The Labute approximate surface area is 207 Å². The molecule has 0 saturated heterocycles. The molecule has 7 nitrogen and oxygen atoms in total. The minimum atomic E-state index is -0.558. The van der Waals surface area contributed by atoms with E-state index in [9.17, 15) is 9.59 Å². The maximum atomic E-state index is 13.5. The fourth-order valence-corrected chi connectivity index (χ4v) is 4.16. The first-order chi connectivity index (χ1) is 16.3. The maximum Gasteiger partial charge on any atom is 0.413 e. The van der Waals surface area contributed by atoms with Crippen molar-refractivity contribution in [2.24, 2.45) is 11.0 Å². The van der Waals surface area contributed by atoms with Gasteiger partial charge in [-0.15, -0.1) is 0 Å². The van der Waals surface area contributed by atoms with E-state index in [1.54, 1.807) is 43.3 Å². The first kappa shape index (κ1) is 23.6. The molecule has 1 aliphatic rings. The number of anilines is 1. The minimum Gasteiger partial charge on any atom is -0.447 e. The van der Waals surface area contributed by atoms with Crippen molar-refractivity contribution in [2.45, 2.75) is 32.9 Å². The van der Waals surface area contributed by atoms with Crippen molar-refractivity contribution in [3.8, 4) is 0 Å². The van der Waals surface area contributed by atoms with Gasteiger partial charge in [0.15, 0.2) is 0 Å². The molecule has 174 valence electrons. The van der Waals surface area contributed by atoms with Crippen LogP contribution in [0, 0.1) is 5.92 Å². The van der Waals surface area contributed by atoms with E-state index < -0.39 is 6.09 Å². The number of nitrogens with zero attached hydrogens (tertiary/aromatic N) is 3. The number of aromatic nitrogens is 1. The Morgan fingerprint density at radius 2 is 1.74 bits per heavy atom. The number of rotatable bonds is 5. The summed E-state index contributed by atoms with van der Waals surface area (Å²) in [5.41, 5.74) is 3.09. The van der Waals surface area contributed by atoms with Crippen LogP contribution in [0.1, 0.15) is 48.3 Å². The lowest BCUT2D eigenvalue weighted by Crippen LogP contribution is -2.30. The van der Waals surface area contributed by atoms with Crippen molar-refractivity contribution in [1.29, 1.82) is 0 Å². The molecule has 0 radical (unpaired) electrons. The average Bonchev–Trinajstić information content (AvgIpc) is 3.16. The number of ether oxygens (including phenoxy) is 1. The molecular formula is C26H25BrN4O3. The largest absolute Gasteiger partial charge is 0.447 e. The molecule has 3 aromatic rings. The molecule has 1 N–H and O–H groups in total. The van der Waals surface area contributed by atoms with Crippen molar-refractivity contribution in [3.05, 3.63) is 94.1 Å². The SMILES string of the molecule is CC(C)OC(=O)Nc1ccc(C2=NN(C(=O)c3ccc(Br)cc3)C(c3ccccc3)C2C)cn1. The van der Waals surface area contributed by atoms with E-state index in [2.05, 4.69) is 33.2 Å². The number of carbonyl (C=O) groups excluding carboxylic acids is 2. The zero-order chi connectivity index (χ0) is 24.2. The third-order valence-corrected chi connectivity index (χ3v) is 5.99. The Bertz CT molecular complexity index is 1190. The topological polar surface area (TPSA) is 83.9 Å². The summed E-state index contributed by atoms with van der Waals surface area (Å²) in [6.07, 6.45) is 0.866. The van der Waals surface area contributed by atoms with Crippen molar-refractivity contribution < 1.29 is 14.3 Å². The zero-order valence-electron chi connectivity index (χ0n) is 19.1. The number of hydrogen-bond acceptors (Lipinski definition) is 5. The van der Waals surface area contributed by atoms with Gasteiger partial charge in [-0.25, -0.2) is 14.8 Å². The van der Waals surface area contributed by atoms with Crippen molar-refractivity contribution in [2.75, 3.05) is 5.32 Å². The molecule has 0 aliphatic carbocycles. The summed E-state index contributed by atoms with van der Waals surface area (Å²) in [6, 6.07) is 20.4. The van der Waals surface area contributed by atoms with E-state index in [1.807, 2.05) is 48.5 Å². The van der Waals surface area contributed by atoms with E-state index in [0.29, 0.717) is 11.4 Å². The summed E-state index contributed by atoms with van der Waals surface area (Å²) in [7, 11) is 0. The molecule has 2 amide bonds. The Balaban J connectivity index is 1.64. The highest BCUT2D eigenvalue weighted by Crippen LogP contribution is 2.38. The molecule has 2 atom stereocenters. The zero-order valence-corrected chi connectivity index (χ0v) is 20.7. The van der Waals surface area contributed by atoms with Gasteiger partial charge in [0.2, 0.25) is 0 Å². The normalized spacial score (nSPS) is 17.4. The van der Waals surface area contributed by atoms with Gasteiger partial charge in [-0.2, -0.15) is 5.10 Å². The lowest BCUT2D eigenvalue weighted by Gasteiger charge is -2.25. The van der Waals surface area contributed by atoms with Gasteiger partial charge in [-0.3, -0.25) is 10.1 Å². The van der Waals surface area contributed by atoms with E-state index in [-0.39, 0.29) is 24.0 Å². The second-order valence-corrected chi connectivity index (χ2v) is 9.21. The van der Waals surface area contributed by atoms with Crippen LogP contribution in [0.25, 0.3) is 0 Å². The number of nitrogens with one attached hydrogen (secondary N) is 1. The molecule has 0 spiro atoms. The molecule has 8 heteroatoms. The second kappa shape index (κ2) is 10.2.